The first-order valence-electron chi connectivity index (χ1n) is 6.61. The van der Waals surface area contributed by atoms with Gasteiger partial charge in [-0.15, -0.1) is 0 Å². The number of carbonyl (C=O) groups excluding carboxylic acids is 1. The van der Waals surface area contributed by atoms with Gasteiger partial charge in [0.15, 0.2) is 0 Å². The Morgan fingerprint density at radius 3 is 2.89 bits per heavy atom. The number of hydrogen-bond acceptors (Lipinski definition) is 2. The molecule has 2 rings (SSSR count). The average molecular weight is 263 g/mol. The van der Waals surface area contributed by atoms with Gasteiger partial charge in [-0.3, -0.25) is 4.79 Å². The number of halogens is 1. The number of allylic oxidation sites excluding steroid dienone is 1. The highest BCUT2D eigenvalue weighted by atomic mass is 19.1. The molecule has 3 nitrogen and oxygen atoms in total. The summed E-state index contributed by atoms with van der Waals surface area (Å²) in [5.74, 6) is -1.25. The van der Waals surface area contributed by atoms with E-state index in [1.807, 2.05) is 0 Å². The second-order valence-corrected chi connectivity index (χ2v) is 4.78. The van der Waals surface area contributed by atoms with Gasteiger partial charge in [-0.1, -0.05) is 11.6 Å². The van der Waals surface area contributed by atoms with E-state index in [4.69, 9.17) is 0 Å². The molecule has 0 saturated heterocycles. The van der Waals surface area contributed by atoms with Crippen LogP contribution in [0.2, 0.25) is 0 Å². The van der Waals surface area contributed by atoms with Crippen molar-refractivity contribution in [1.82, 2.24) is 5.32 Å². The molecule has 0 aromatic heterocycles. The van der Waals surface area contributed by atoms with Gasteiger partial charge in [-0.05, 0) is 44.2 Å². The summed E-state index contributed by atoms with van der Waals surface area (Å²) in [6, 6.07) is 3.40. The molecule has 4 heteroatoms. The molecule has 2 N–H and O–H groups in total. The summed E-state index contributed by atoms with van der Waals surface area (Å²) in [4.78, 5) is 11.8. The maximum absolute atomic E-state index is 12.8. The van der Waals surface area contributed by atoms with E-state index in [-0.39, 0.29) is 17.2 Å². The normalized spacial score (nSPS) is 14.9. The van der Waals surface area contributed by atoms with E-state index in [1.165, 1.54) is 24.5 Å². The Morgan fingerprint density at radius 2 is 2.21 bits per heavy atom. The summed E-state index contributed by atoms with van der Waals surface area (Å²) >= 11 is 0. The summed E-state index contributed by atoms with van der Waals surface area (Å²) in [7, 11) is 0. The third-order valence-corrected chi connectivity index (χ3v) is 3.32. The molecule has 0 saturated carbocycles. The number of hydrogen-bond donors (Lipinski definition) is 2. The number of amides is 1. The molecule has 0 radical (unpaired) electrons. The van der Waals surface area contributed by atoms with Gasteiger partial charge in [0.05, 0.1) is 5.56 Å². The van der Waals surface area contributed by atoms with E-state index in [9.17, 15) is 14.3 Å². The number of phenols is 1. The zero-order valence-corrected chi connectivity index (χ0v) is 10.8. The predicted molar refractivity (Wildman–Crippen MR) is 71.6 cm³/mol. The second kappa shape index (κ2) is 6.36. The zero-order valence-electron chi connectivity index (χ0n) is 10.8. The molecular formula is C15H18FNO2. The molecule has 1 aromatic carbocycles. The number of aromatic hydroxyl groups is 1. The van der Waals surface area contributed by atoms with Crippen molar-refractivity contribution < 1.29 is 14.3 Å². The molecule has 1 amide bonds. The lowest BCUT2D eigenvalue weighted by Crippen LogP contribution is -2.25. The summed E-state index contributed by atoms with van der Waals surface area (Å²) in [5.41, 5.74) is 1.49. The van der Waals surface area contributed by atoms with E-state index < -0.39 is 5.82 Å². The van der Waals surface area contributed by atoms with Crippen LogP contribution in [0.25, 0.3) is 0 Å². The second-order valence-electron chi connectivity index (χ2n) is 4.78. The van der Waals surface area contributed by atoms with Crippen LogP contribution in [0.3, 0.4) is 0 Å². The first kappa shape index (κ1) is 13.6. The number of nitrogens with one attached hydrogen (secondary N) is 1. The average Bonchev–Trinajstić information content (AvgIpc) is 2.39. The minimum atomic E-state index is -0.554. The van der Waals surface area contributed by atoms with E-state index >= 15 is 0 Å². The van der Waals surface area contributed by atoms with Gasteiger partial charge in [0, 0.05) is 12.6 Å². The van der Waals surface area contributed by atoms with Crippen LogP contribution < -0.4 is 5.32 Å². The highest BCUT2D eigenvalue weighted by molar-refractivity contribution is 5.96. The lowest BCUT2D eigenvalue weighted by Gasteiger charge is -2.13. The smallest absolute Gasteiger partial charge is 0.255 e. The Bertz CT molecular complexity index is 497. The van der Waals surface area contributed by atoms with E-state index in [1.54, 1.807) is 0 Å². The molecule has 102 valence electrons. The van der Waals surface area contributed by atoms with Gasteiger partial charge in [-0.25, -0.2) is 4.39 Å². The molecule has 0 spiro atoms. The molecule has 0 fully saturated rings. The quantitative estimate of drug-likeness (QED) is 0.820. The molecule has 0 atom stereocenters. The topological polar surface area (TPSA) is 49.3 Å². The van der Waals surface area contributed by atoms with Crippen LogP contribution in [0.1, 0.15) is 42.5 Å². The van der Waals surface area contributed by atoms with Crippen molar-refractivity contribution in [2.75, 3.05) is 6.54 Å². The first-order chi connectivity index (χ1) is 9.16. The third-order valence-electron chi connectivity index (χ3n) is 3.32. The van der Waals surface area contributed by atoms with Crippen molar-refractivity contribution in [3.8, 4) is 5.75 Å². The molecule has 1 aromatic rings. The van der Waals surface area contributed by atoms with Crippen LogP contribution in [0.5, 0.6) is 5.75 Å². The molecule has 19 heavy (non-hydrogen) atoms. The van der Waals surface area contributed by atoms with Crippen LogP contribution in [0.15, 0.2) is 29.8 Å². The van der Waals surface area contributed by atoms with Gasteiger partial charge in [-0.2, -0.15) is 0 Å². The van der Waals surface area contributed by atoms with Crippen LogP contribution in [-0.2, 0) is 0 Å². The zero-order chi connectivity index (χ0) is 13.7. The molecule has 0 unspecified atom stereocenters. The Kier molecular flexibility index (Phi) is 4.55. The Hall–Kier alpha value is -1.84. The maximum atomic E-state index is 12.8. The van der Waals surface area contributed by atoms with E-state index in [2.05, 4.69) is 11.4 Å². The lowest BCUT2D eigenvalue weighted by atomic mass is 9.97. The van der Waals surface area contributed by atoms with Crippen molar-refractivity contribution in [2.45, 2.75) is 32.1 Å². The van der Waals surface area contributed by atoms with E-state index in [0.29, 0.717) is 6.54 Å². The van der Waals surface area contributed by atoms with Crippen molar-refractivity contribution in [3.05, 3.63) is 41.2 Å². The largest absolute Gasteiger partial charge is 0.507 e. The molecular weight excluding hydrogens is 245 g/mol. The van der Waals surface area contributed by atoms with Crippen molar-refractivity contribution >= 4 is 5.91 Å². The summed E-state index contributed by atoms with van der Waals surface area (Å²) in [5, 5.41) is 12.2. The minimum absolute atomic E-state index is 0.110. The Balaban J connectivity index is 1.85. The van der Waals surface area contributed by atoms with Gasteiger partial charge in [0.1, 0.15) is 11.6 Å². The maximum Gasteiger partial charge on any atom is 0.255 e. The van der Waals surface area contributed by atoms with Gasteiger partial charge < -0.3 is 10.4 Å². The number of benzene rings is 1. The van der Waals surface area contributed by atoms with Crippen molar-refractivity contribution in [3.63, 3.8) is 0 Å². The van der Waals surface area contributed by atoms with Crippen LogP contribution >= 0.6 is 0 Å². The summed E-state index contributed by atoms with van der Waals surface area (Å²) in [6.07, 6.45) is 7.79. The fraction of sp³-hybridized carbons (Fsp3) is 0.400. The van der Waals surface area contributed by atoms with Crippen LogP contribution in [0, 0.1) is 5.82 Å². The SMILES string of the molecule is O=C(NCCC1=CCCCC1)c1ccc(F)cc1O. The number of carbonyl (C=O) groups is 1. The van der Waals surface area contributed by atoms with Crippen LogP contribution in [0.4, 0.5) is 4.39 Å². The van der Waals surface area contributed by atoms with Crippen molar-refractivity contribution in [1.29, 1.82) is 0 Å². The monoisotopic (exact) mass is 263 g/mol. The van der Waals surface area contributed by atoms with Crippen molar-refractivity contribution in [2.24, 2.45) is 0 Å². The molecule has 0 heterocycles. The first-order valence-corrected chi connectivity index (χ1v) is 6.61. The highest BCUT2D eigenvalue weighted by Crippen LogP contribution is 2.20. The fourth-order valence-corrected chi connectivity index (χ4v) is 2.26. The molecule has 1 aliphatic carbocycles. The molecule has 1 aliphatic rings. The predicted octanol–water partition coefficient (Wildman–Crippen LogP) is 3.15. The highest BCUT2D eigenvalue weighted by Gasteiger charge is 2.11. The van der Waals surface area contributed by atoms with Gasteiger partial charge in [0.2, 0.25) is 0 Å². The standard InChI is InChI=1S/C15H18FNO2/c16-12-6-7-13(14(18)10-12)15(19)17-9-8-11-4-2-1-3-5-11/h4,6-7,10,18H,1-3,5,8-9H2,(H,17,19). The minimum Gasteiger partial charge on any atom is -0.507 e. The summed E-state index contributed by atoms with van der Waals surface area (Å²) < 4.78 is 12.8. The lowest BCUT2D eigenvalue weighted by molar-refractivity contribution is 0.0951. The Labute approximate surface area is 112 Å². The molecule has 0 aliphatic heterocycles. The van der Waals surface area contributed by atoms with Gasteiger partial charge >= 0.3 is 0 Å². The van der Waals surface area contributed by atoms with Crippen LogP contribution in [-0.4, -0.2) is 17.6 Å². The summed E-state index contributed by atoms with van der Waals surface area (Å²) in [6.45, 7) is 0.543. The number of rotatable bonds is 4. The fourth-order valence-electron chi connectivity index (χ4n) is 2.26. The molecule has 0 bridgehead atoms. The third kappa shape index (κ3) is 3.81. The van der Waals surface area contributed by atoms with Gasteiger partial charge in [0.25, 0.3) is 5.91 Å². The number of phenolic OH excluding ortho intramolecular Hbond substituents is 1. The van der Waals surface area contributed by atoms with E-state index in [0.717, 1.165) is 31.4 Å². The Morgan fingerprint density at radius 1 is 1.37 bits per heavy atom.